The molecule has 4 saturated heterocycles. The lowest BCUT2D eigenvalue weighted by molar-refractivity contribution is -0.137. The number of amides is 5. The molecule has 1 aromatic heterocycles. The van der Waals surface area contributed by atoms with Crippen LogP contribution < -0.4 is 34.8 Å². The van der Waals surface area contributed by atoms with E-state index < -0.39 is 39.7 Å². The number of hydrogen-bond donors (Lipinski definition) is 3. The van der Waals surface area contributed by atoms with Gasteiger partial charge in [0.15, 0.2) is 0 Å². The van der Waals surface area contributed by atoms with Gasteiger partial charge in [-0.25, -0.2) is 13.4 Å². The van der Waals surface area contributed by atoms with Gasteiger partial charge >= 0.3 is 0 Å². The van der Waals surface area contributed by atoms with E-state index in [0.29, 0.717) is 90.7 Å². The molecule has 3 aromatic carbocycles. The van der Waals surface area contributed by atoms with Crippen molar-refractivity contribution in [2.24, 2.45) is 5.92 Å². The van der Waals surface area contributed by atoms with Gasteiger partial charge in [0, 0.05) is 95.0 Å². The zero-order chi connectivity index (χ0) is 48.3. The minimum Gasteiger partial charge on any atom is -0.494 e. The number of rotatable bonds is 11. The first-order valence-electron chi connectivity index (χ1n) is 23.4. The van der Waals surface area contributed by atoms with E-state index in [0.717, 1.165) is 66.4 Å². The molecule has 6 aliphatic rings. The van der Waals surface area contributed by atoms with Crippen LogP contribution in [0.3, 0.4) is 0 Å². The number of fused-ring (bicyclic) bond motifs is 2. The number of carbonyl (C=O) groups excluding carboxylic acids is 5. The van der Waals surface area contributed by atoms with Gasteiger partial charge in [-0.15, -0.1) is 0 Å². The third-order valence-corrected chi connectivity index (χ3v) is 16.1. The molecule has 1 unspecified atom stereocenters. The lowest BCUT2D eigenvalue weighted by Gasteiger charge is -2.44. The summed E-state index contributed by atoms with van der Waals surface area (Å²) in [5, 5.41) is 8.89. The standard InChI is InChI=1S/C48H54BrN11O8S/c1-28-23-37(52-48-50-26-35(49)43(54-48)51-36-6-4-5-29-12-18-59(42(29)36)69(3,66)67)40(68-2)25-39(28)56-16-13-31(14-17-56)55-19-21-57(22-20-55)45(63)30-11-15-58(27-30)32-7-8-33-34(24-32)47(65)60(46(33)64)38-9-10-41(61)53-44(38)62/h4-8,23-26,30-31,38H,9-22,27H2,1-3H3,(H,53,61,62)(H2,50,51,52,54)/t30-,38?/m0/s1. The van der Waals surface area contributed by atoms with E-state index in [2.05, 4.69) is 64.6 Å². The summed E-state index contributed by atoms with van der Waals surface area (Å²) in [6.07, 6.45) is 6.31. The number of sulfonamides is 1. The molecular weight excluding hydrogens is 971 g/mol. The zero-order valence-corrected chi connectivity index (χ0v) is 41.1. The van der Waals surface area contributed by atoms with E-state index in [1.54, 1.807) is 31.5 Å². The monoisotopic (exact) mass is 1020 g/mol. The zero-order valence-electron chi connectivity index (χ0n) is 38.7. The normalized spacial score (nSPS) is 21.2. The first kappa shape index (κ1) is 46.4. The summed E-state index contributed by atoms with van der Waals surface area (Å²) >= 11 is 3.56. The van der Waals surface area contributed by atoms with Crippen LogP contribution in [0.1, 0.15) is 63.9 Å². The molecule has 0 saturated carbocycles. The Morgan fingerprint density at radius 1 is 0.841 bits per heavy atom. The highest BCUT2D eigenvalue weighted by molar-refractivity contribution is 9.10. The van der Waals surface area contributed by atoms with Crippen molar-refractivity contribution < 1.29 is 37.1 Å². The van der Waals surface area contributed by atoms with E-state index >= 15 is 0 Å². The Balaban J connectivity index is 0.716. The van der Waals surface area contributed by atoms with Crippen LogP contribution in [0.25, 0.3) is 0 Å². The fourth-order valence-corrected chi connectivity index (χ4v) is 12.1. The number of piperidine rings is 2. The van der Waals surface area contributed by atoms with Crippen LogP contribution >= 0.6 is 15.9 Å². The average Bonchev–Trinajstić information content (AvgIpc) is 4.08. The molecule has 0 bridgehead atoms. The highest BCUT2D eigenvalue weighted by Crippen LogP contribution is 2.41. The number of imide groups is 2. The Labute approximate surface area is 408 Å². The van der Waals surface area contributed by atoms with Crippen molar-refractivity contribution in [2.45, 2.75) is 57.5 Å². The number of hydrogen-bond acceptors (Lipinski definition) is 15. The summed E-state index contributed by atoms with van der Waals surface area (Å²) in [4.78, 5) is 83.9. The smallest absolute Gasteiger partial charge is 0.262 e. The van der Waals surface area contributed by atoms with Gasteiger partial charge in [-0.05, 0) is 96.4 Å². The Morgan fingerprint density at radius 2 is 1.59 bits per heavy atom. The van der Waals surface area contributed by atoms with Crippen LogP contribution in [0.5, 0.6) is 5.75 Å². The molecule has 4 aromatic rings. The van der Waals surface area contributed by atoms with Crippen molar-refractivity contribution in [2.75, 3.05) is 97.0 Å². The summed E-state index contributed by atoms with van der Waals surface area (Å²) < 4.78 is 33.1. The topological polar surface area (TPSA) is 210 Å². The maximum Gasteiger partial charge on any atom is 0.262 e. The molecule has 10 rings (SSSR count). The lowest BCUT2D eigenvalue weighted by Crippen LogP contribution is -2.55. The molecule has 6 aliphatic heterocycles. The molecule has 5 amide bonds. The predicted molar refractivity (Wildman–Crippen MR) is 263 cm³/mol. The fourth-order valence-electron chi connectivity index (χ4n) is 10.8. The fraction of sp³-hybridized carbons (Fsp3) is 0.438. The minimum absolute atomic E-state index is 0.0599. The van der Waals surface area contributed by atoms with Crippen molar-refractivity contribution in [1.29, 1.82) is 0 Å². The van der Waals surface area contributed by atoms with E-state index in [9.17, 15) is 32.4 Å². The van der Waals surface area contributed by atoms with Gasteiger partial charge in [-0.2, -0.15) is 4.98 Å². The molecule has 3 N–H and O–H groups in total. The van der Waals surface area contributed by atoms with Crippen molar-refractivity contribution in [3.05, 3.63) is 81.5 Å². The molecule has 19 nitrogen and oxygen atoms in total. The average molecular weight is 1020 g/mol. The van der Waals surface area contributed by atoms with Crippen molar-refractivity contribution >= 4 is 95.7 Å². The Morgan fingerprint density at radius 3 is 2.33 bits per heavy atom. The lowest BCUT2D eigenvalue weighted by atomic mass is 10.00. The predicted octanol–water partition coefficient (Wildman–Crippen LogP) is 4.41. The maximum atomic E-state index is 13.9. The van der Waals surface area contributed by atoms with E-state index in [4.69, 9.17) is 9.72 Å². The summed E-state index contributed by atoms with van der Waals surface area (Å²) in [5.41, 5.74) is 6.31. The van der Waals surface area contributed by atoms with Gasteiger partial charge in [-0.3, -0.25) is 43.4 Å². The van der Waals surface area contributed by atoms with Gasteiger partial charge in [0.05, 0.1) is 51.9 Å². The molecular formula is C48H54BrN11O8S. The van der Waals surface area contributed by atoms with Crippen LogP contribution in [-0.2, 0) is 30.8 Å². The highest BCUT2D eigenvalue weighted by Gasteiger charge is 2.45. The summed E-state index contributed by atoms with van der Waals surface area (Å²) in [6.45, 7) is 8.34. The Kier molecular flexibility index (Phi) is 12.5. The number of aromatic nitrogens is 2. The molecule has 69 heavy (non-hydrogen) atoms. The van der Waals surface area contributed by atoms with E-state index in [1.165, 1.54) is 10.6 Å². The van der Waals surface area contributed by atoms with Gasteiger partial charge in [-0.1, -0.05) is 12.1 Å². The highest BCUT2D eigenvalue weighted by atomic mass is 79.9. The first-order valence-corrected chi connectivity index (χ1v) is 26.0. The first-order chi connectivity index (χ1) is 33.1. The number of anilines is 7. The second kappa shape index (κ2) is 18.5. The Bertz CT molecular complexity index is 2890. The van der Waals surface area contributed by atoms with Gasteiger partial charge in [0.2, 0.25) is 33.7 Å². The molecule has 21 heteroatoms. The maximum absolute atomic E-state index is 13.9. The largest absolute Gasteiger partial charge is 0.494 e. The van der Waals surface area contributed by atoms with Crippen molar-refractivity contribution in [3.8, 4) is 5.75 Å². The SMILES string of the molecule is COc1cc(N2CCC(N3CCN(C(=O)[C@H]4CCN(c5ccc6c(c5)C(=O)N(C5CCC(=O)NC5=O)C6=O)C4)CC3)CC2)c(C)cc1Nc1ncc(Br)c(Nc2cccc3c2N(S(C)(=O)=O)CC3)n1. The number of piperazine rings is 1. The third-order valence-electron chi connectivity index (χ3n) is 14.4. The van der Waals surface area contributed by atoms with Crippen LogP contribution in [0.4, 0.5) is 40.2 Å². The molecule has 0 spiro atoms. The van der Waals surface area contributed by atoms with Crippen molar-refractivity contribution in [1.82, 2.24) is 30.0 Å². The van der Waals surface area contributed by atoms with E-state index in [-0.39, 0.29) is 35.8 Å². The molecule has 362 valence electrons. The molecule has 0 radical (unpaired) electrons. The number of nitrogens with zero attached hydrogens (tertiary/aromatic N) is 8. The van der Waals surface area contributed by atoms with Crippen LogP contribution in [0.2, 0.25) is 0 Å². The summed E-state index contributed by atoms with van der Waals surface area (Å²) in [5.74, 6) is -0.716. The number of nitrogens with one attached hydrogen (secondary N) is 3. The number of methoxy groups -OCH3 is 1. The third kappa shape index (κ3) is 8.95. The summed E-state index contributed by atoms with van der Waals surface area (Å²) in [7, 11) is -1.82. The number of ether oxygens (including phenoxy) is 1. The number of halogens is 1. The number of para-hydroxylation sites is 1. The molecule has 0 aliphatic carbocycles. The molecule has 2 atom stereocenters. The quantitative estimate of drug-likeness (QED) is 0.178. The van der Waals surface area contributed by atoms with Gasteiger partial charge in [0.1, 0.15) is 17.6 Å². The van der Waals surface area contributed by atoms with Crippen LogP contribution in [0.15, 0.2) is 59.2 Å². The number of carbonyl (C=O) groups is 5. The van der Waals surface area contributed by atoms with Crippen LogP contribution in [0, 0.1) is 12.8 Å². The minimum atomic E-state index is -3.46. The van der Waals surface area contributed by atoms with Gasteiger partial charge in [0.25, 0.3) is 11.8 Å². The van der Waals surface area contributed by atoms with Gasteiger partial charge < -0.3 is 30.1 Å². The second-order valence-electron chi connectivity index (χ2n) is 18.6. The number of benzene rings is 3. The Hall–Kier alpha value is -6.32. The summed E-state index contributed by atoms with van der Waals surface area (Å²) in [6, 6.07) is 14.3. The second-order valence-corrected chi connectivity index (χ2v) is 21.3. The van der Waals surface area contributed by atoms with Crippen LogP contribution in [-0.4, -0.2) is 147 Å². The molecule has 7 heterocycles. The van der Waals surface area contributed by atoms with Crippen molar-refractivity contribution in [3.63, 3.8) is 0 Å². The number of aryl methyl sites for hydroxylation is 1. The molecule has 4 fully saturated rings. The van der Waals surface area contributed by atoms with E-state index in [1.807, 2.05) is 29.2 Å².